The van der Waals surface area contributed by atoms with Crippen molar-refractivity contribution in [3.05, 3.63) is 58.8 Å². The molecule has 6 nitrogen and oxygen atoms in total. The molecule has 3 rings (SSSR count). The quantitative estimate of drug-likeness (QED) is 0.721. The van der Waals surface area contributed by atoms with E-state index in [1.165, 1.54) is 12.0 Å². The van der Waals surface area contributed by atoms with Crippen LogP contribution in [0.15, 0.2) is 42.1 Å². The van der Waals surface area contributed by atoms with Crippen molar-refractivity contribution < 1.29 is 19.1 Å². The van der Waals surface area contributed by atoms with Gasteiger partial charge in [0.15, 0.2) is 11.5 Å². The first-order valence-corrected chi connectivity index (χ1v) is 9.57. The summed E-state index contributed by atoms with van der Waals surface area (Å²) in [4.78, 5) is 27.5. The Labute approximate surface area is 171 Å². The first-order chi connectivity index (χ1) is 13.9. The zero-order valence-electron chi connectivity index (χ0n) is 17.5. The number of nitrogens with one attached hydrogen (secondary N) is 1. The lowest BCUT2D eigenvalue weighted by Crippen LogP contribution is -2.33. The summed E-state index contributed by atoms with van der Waals surface area (Å²) in [6, 6.07) is 11.2. The van der Waals surface area contributed by atoms with E-state index in [9.17, 15) is 9.59 Å². The topological polar surface area (TPSA) is 67.9 Å². The highest BCUT2D eigenvalue weighted by Gasteiger charge is 2.39. The molecule has 152 valence electrons. The van der Waals surface area contributed by atoms with Gasteiger partial charge >= 0.3 is 0 Å². The molecule has 0 radical (unpaired) electrons. The van der Waals surface area contributed by atoms with Gasteiger partial charge in [-0.05, 0) is 61.2 Å². The second-order valence-electron chi connectivity index (χ2n) is 7.08. The van der Waals surface area contributed by atoms with Crippen LogP contribution in [0.1, 0.15) is 30.0 Å². The zero-order valence-corrected chi connectivity index (χ0v) is 17.5. The second-order valence-corrected chi connectivity index (χ2v) is 7.08. The van der Waals surface area contributed by atoms with Crippen LogP contribution >= 0.6 is 0 Å². The molecule has 0 saturated carbocycles. The second kappa shape index (κ2) is 8.39. The van der Waals surface area contributed by atoms with Crippen LogP contribution < -0.4 is 14.8 Å². The Morgan fingerprint density at radius 3 is 2.14 bits per heavy atom. The standard InChI is InChI=1S/C23H26N2O4/c1-6-9-25-22(26)20(16-7-8-18(28-4)19(13-16)29-5)21(23(25)27)24-17-11-14(2)10-15(3)12-17/h7-8,10-13,24H,6,9H2,1-5H3. The van der Waals surface area contributed by atoms with Gasteiger partial charge in [-0.25, -0.2) is 0 Å². The molecule has 2 aromatic rings. The van der Waals surface area contributed by atoms with E-state index in [0.717, 1.165) is 16.8 Å². The molecule has 0 aromatic heterocycles. The molecule has 0 unspecified atom stereocenters. The molecule has 2 amide bonds. The van der Waals surface area contributed by atoms with Gasteiger partial charge in [0, 0.05) is 12.2 Å². The van der Waals surface area contributed by atoms with E-state index in [-0.39, 0.29) is 17.5 Å². The van der Waals surface area contributed by atoms with Crippen molar-refractivity contribution in [2.45, 2.75) is 27.2 Å². The van der Waals surface area contributed by atoms with E-state index in [1.807, 2.05) is 32.9 Å². The third-order valence-electron chi connectivity index (χ3n) is 4.78. The summed E-state index contributed by atoms with van der Waals surface area (Å²) in [5.41, 5.74) is 4.14. The Bertz CT molecular complexity index is 974. The van der Waals surface area contributed by atoms with E-state index in [2.05, 4.69) is 11.4 Å². The van der Waals surface area contributed by atoms with Crippen LogP contribution in [0, 0.1) is 13.8 Å². The van der Waals surface area contributed by atoms with Crippen LogP contribution in [0.25, 0.3) is 5.57 Å². The molecule has 1 aliphatic rings. The van der Waals surface area contributed by atoms with Crippen molar-refractivity contribution in [2.24, 2.45) is 0 Å². The van der Waals surface area contributed by atoms with Crippen molar-refractivity contribution in [1.82, 2.24) is 4.90 Å². The van der Waals surface area contributed by atoms with E-state index >= 15 is 0 Å². The highest BCUT2D eigenvalue weighted by Crippen LogP contribution is 2.35. The Balaban J connectivity index is 2.13. The fraction of sp³-hybridized carbons (Fsp3) is 0.304. The molecule has 6 heteroatoms. The van der Waals surface area contributed by atoms with E-state index in [1.54, 1.807) is 25.3 Å². The van der Waals surface area contributed by atoms with Gasteiger partial charge in [0.05, 0.1) is 19.8 Å². The maximum Gasteiger partial charge on any atom is 0.278 e. The summed E-state index contributed by atoms with van der Waals surface area (Å²) < 4.78 is 10.7. The largest absolute Gasteiger partial charge is 0.493 e. The number of hydrogen-bond acceptors (Lipinski definition) is 5. The zero-order chi connectivity index (χ0) is 21.1. The highest BCUT2D eigenvalue weighted by atomic mass is 16.5. The molecule has 0 bridgehead atoms. The van der Waals surface area contributed by atoms with E-state index in [4.69, 9.17) is 9.47 Å². The molecule has 0 spiro atoms. The SMILES string of the molecule is CCCN1C(=O)C(Nc2cc(C)cc(C)c2)=C(c2ccc(OC)c(OC)c2)C1=O. The monoisotopic (exact) mass is 394 g/mol. The van der Waals surface area contributed by atoms with Crippen LogP contribution in [-0.2, 0) is 9.59 Å². The lowest BCUT2D eigenvalue weighted by Gasteiger charge is -2.14. The maximum absolute atomic E-state index is 13.1. The highest BCUT2D eigenvalue weighted by molar-refractivity contribution is 6.36. The average Bonchev–Trinajstić information content (AvgIpc) is 2.91. The van der Waals surface area contributed by atoms with Gasteiger partial charge in [0.25, 0.3) is 11.8 Å². The Kier molecular flexibility index (Phi) is 5.92. The summed E-state index contributed by atoms with van der Waals surface area (Å²) in [5.74, 6) is 0.428. The summed E-state index contributed by atoms with van der Waals surface area (Å²) in [5, 5.41) is 3.20. The average molecular weight is 394 g/mol. The van der Waals surface area contributed by atoms with Gasteiger partial charge in [-0.3, -0.25) is 14.5 Å². The molecule has 0 aliphatic carbocycles. The molecule has 0 fully saturated rings. The predicted octanol–water partition coefficient (Wildman–Crippen LogP) is 3.92. The number of anilines is 1. The number of ether oxygens (including phenoxy) is 2. The number of nitrogens with zero attached hydrogens (tertiary/aromatic N) is 1. The van der Waals surface area contributed by atoms with Crippen LogP contribution in [0.4, 0.5) is 5.69 Å². The number of benzene rings is 2. The van der Waals surface area contributed by atoms with Crippen LogP contribution in [0.3, 0.4) is 0 Å². The maximum atomic E-state index is 13.1. The van der Waals surface area contributed by atoms with Crippen LogP contribution in [-0.4, -0.2) is 37.5 Å². The van der Waals surface area contributed by atoms with Crippen molar-refractivity contribution in [2.75, 3.05) is 26.1 Å². The molecule has 2 aromatic carbocycles. The summed E-state index contributed by atoms with van der Waals surface area (Å²) in [6.07, 6.45) is 0.688. The minimum Gasteiger partial charge on any atom is -0.493 e. The molecule has 0 saturated heterocycles. The number of carbonyl (C=O) groups excluding carboxylic acids is 2. The summed E-state index contributed by atoms with van der Waals surface area (Å²) in [6.45, 7) is 6.29. The fourth-order valence-corrected chi connectivity index (χ4v) is 3.57. The molecular weight excluding hydrogens is 368 g/mol. The van der Waals surface area contributed by atoms with Gasteiger partial charge in [0.1, 0.15) is 5.70 Å². The first kappa shape index (κ1) is 20.5. The Hall–Kier alpha value is -3.28. The lowest BCUT2D eigenvalue weighted by molar-refractivity contribution is -0.136. The first-order valence-electron chi connectivity index (χ1n) is 9.57. The number of hydrogen-bond donors (Lipinski definition) is 1. The van der Waals surface area contributed by atoms with Gasteiger partial charge < -0.3 is 14.8 Å². The predicted molar refractivity (Wildman–Crippen MR) is 113 cm³/mol. The van der Waals surface area contributed by atoms with E-state index in [0.29, 0.717) is 35.6 Å². The summed E-state index contributed by atoms with van der Waals surface area (Å²) >= 11 is 0. The number of aryl methyl sites for hydroxylation is 2. The number of amides is 2. The lowest BCUT2D eigenvalue weighted by atomic mass is 10.0. The van der Waals surface area contributed by atoms with Crippen molar-refractivity contribution in [1.29, 1.82) is 0 Å². The van der Waals surface area contributed by atoms with Crippen LogP contribution in [0.5, 0.6) is 11.5 Å². The van der Waals surface area contributed by atoms with Crippen molar-refractivity contribution >= 4 is 23.1 Å². The van der Waals surface area contributed by atoms with Gasteiger partial charge in [-0.1, -0.05) is 19.1 Å². The smallest absolute Gasteiger partial charge is 0.278 e. The van der Waals surface area contributed by atoms with Gasteiger partial charge in [-0.15, -0.1) is 0 Å². The van der Waals surface area contributed by atoms with Gasteiger partial charge in [0.2, 0.25) is 0 Å². The minimum atomic E-state index is -0.319. The Morgan fingerprint density at radius 2 is 1.55 bits per heavy atom. The number of imide groups is 1. The van der Waals surface area contributed by atoms with E-state index < -0.39 is 0 Å². The molecule has 1 N–H and O–H groups in total. The number of methoxy groups -OCH3 is 2. The number of carbonyl (C=O) groups is 2. The normalized spacial score (nSPS) is 13.9. The van der Waals surface area contributed by atoms with Crippen molar-refractivity contribution in [3.63, 3.8) is 0 Å². The third-order valence-corrected chi connectivity index (χ3v) is 4.78. The van der Waals surface area contributed by atoms with Gasteiger partial charge in [-0.2, -0.15) is 0 Å². The van der Waals surface area contributed by atoms with Crippen LogP contribution in [0.2, 0.25) is 0 Å². The fourth-order valence-electron chi connectivity index (χ4n) is 3.57. The minimum absolute atomic E-state index is 0.278. The van der Waals surface area contributed by atoms with Crippen molar-refractivity contribution in [3.8, 4) is 11.5 Å². The Morgan fingerprint density at radius 1 is 0.897 bits per heavy atom. The molecule has 1 heterocycles. The molecule has 1 aliphatic heterocycles. The molecule has 0 atom stereocenters. The third kappa shape index (κ3) is 3.97. The molecule has 29 heavy (non-hydrogen) atoms. The molecular formula is C23H26N2O4. The summed E-state index contributed by atoms with van der Waals surface area (Å²) in [7, 11) is 3.09. The number of rotatable bonds is 7.